The molecule has 1 aromatic rings. The van der Waals surface area contributed by atoms with Crippen molar-refractivity contribution in [2.75, 3.05) is 38.2 Å². The highest BCUT2D eigenvalue weighted by molar-refractivity contribution is 7.71. The third kappa shape index (κ3) is 2.05. The summed E-state index contributed by atoms with van der Waals surface area (Å²) in [5.74, 6) is 1.02. The molecule has 1 aromatic heterocycles. The van der Waals surface area contributed by atoms with Crippen molar-refractivity contribution in [3.8, 4) is 0 Å². The van der Waals surface area contributed by atoms with Crippen LogP contribution in [0.4, 0.5) is 0 Å². The lowest BCUT2D eigenvalue weighted by atomic mass is 10.4. The van der Waals surface area contributed by atoms with E-state index < -0.39 is 0 Å². The van der Waals surface area contributed by atoms with Gasteiger partial charge in [-0.2, -0.15) is 5.10 Å². The van der Waals surface area contributed by atoms with Crippen LogP contribution in [0, 0.1) is 4.77 Å². The summed E-state index contributed by atoms with van der Waals surface area (Å²) in [6.07, 6.45) is 0.902. The Morgan fingerprint density at radius 1 is 1.33 bits per heavy atom. The van der Waals surface area contributed by atoms with E-state index in [9.17, 15) is 0 Å². The highest BCUT2D eigenvalue weighted by atomic mass is 32.1. The van der Waals surface area contributed by atoms with Gasteiger partial charge in [-0.3, -0.25) is 5.10 Å². The number of nitrogens with one attached hydrogen (secondary N) is 1. The Morgan fingerprint density at radius 3 is 2.60 bits per heavy atom. The number of rotatable bonds is 2. The summed E-state index contributed by atoms with van der Waals surface area (Å²) in [6.45, 7) is 6.28. The van der Waals surface area contributed by atoms with Crippen LogP contribution >= 0.6 is 12.2 Å². The predicted octanol–water partition coefficient (Wildman–Crippen LogP) is 0.386. The van der Waals surface area contributed by atoms with Crippen LogP contribution < -0.4 is 5.01 Å². The highest BCUT2D eigenvalue weighted by Gasteiger charge is 2.17. The van der Waals surface area contributed by atoms with E-state index in [0.29, 0.717) is 4.77 Å². The first-order valence-corrected chi connectivity index (χ1v) is 5.73. The molecule has 1 aliphatic heterocycles. The van der Waals surface area contributed by atoms with Gasteiger partial charge in [-0.25, -0.2) is 4.68 Å². The topological polar surface area (TPSA) is 40.1 Å². The van der Waals surface area contributed by atoms with Gasteiger partial charge in [-0.05, 0) is 19.3 Å². The van der Waals surface area contributed by atoms with Gasteiger partial charge in [0.15, 0.2) is 5.82 Å². The van der Waals surface area contributed by atoms with Gasteiger partial charge in [-0.15, -0.1) is 0 Å². The number of hydrogen-bond donors (Lipinski definition) is 1. The van der Waals surface area contributed by atoms with Crippen molar-refractivity contribution >= 4 is 12.2 Å². The summed E-state index contributed by atoms with van der Waals surface area (Å²) in [7, 11) is 2.15. The Bertz CT molecular complexity index is 374. The quantitative estimate of drug-likeness (QED) is 0.742. The predicted molar refractivity (Wildman–Crippen MR) is 62.2 cm³/mol. The van der Waals surface area contributed by atoms with E-state index in [1.807, 2.05) is 4.68 Å². The number of aromatic nitrogens is 3. The summed E-state index contributed by atoms with van der Waals surface area (Å²) in [6, 6.07) is 0. The molecule has 0 saturated carbocycles. The van der Waals surface area contributed by atoms with E-state index in [0.717, 1.165) is 38.4 Å². The monoisotopic (exact) mass is 227 g/mol. The fourth-order valence-electron chi connectivity index (χ4n) is 1.84. The van der Waals surface area contributed by atoms with Crippen LogP contribution in [-0.2, 0) is 6.42 Å². The van der Waals surface area contributed by atoms with E-state index >= 15 is 0 Å². The second kappa shape index (κ2) is 4.32. The molecule has 2 rings (SSSR count). The molecule has 0 bridgehead atoms. The second-order valence-corrected chi connectivity index (χ2v) is 4.25. The Hall–Kier alpha value is -0.880. The van der Waals surface area contributed by atoms with Crippen molar-refractivity contribution in [3.63, 3.8) is 0 Å². The maximum absolute atomic E-state index is 5.24. The minimum Gasteiger partial charge on any atom is -0.306 e. The molecule has 0 aromatic carbocycles. The second-order valence-electron chi connectivity index (χ2n) is 3.87. The summed E-state index contributed by atoms with van der Waals surface area (Å²) >= 11 is 5.24. The van der Waals surface area contributed by atoms with Gasteiger partial charge in [0.1, 0.15) is 0 Å². The van der Waals surface area contributed by atoms with Gasteiger partial charge in [0, 0.05) is 32.6 Å². The molecule has 6 heteroatoms. The molecular weight excluding hydrogens is 210 g/mol. The molecule has 15 heavy (non-hydrogen) atoms. The highest BCUT2D eigenvalue weighted by Crippen LogP contribution is 2.04. The van der Waals surface area contributed by atoms with E-state index in [-0.39, 0.29) is 0 Å². The molecule has 1 aliphatic rings. The minimum atomic E-state index is 0.705. The zero-order chi connectivity index (χ0) is 10.8. The minimum absolute atomic E-state index is 0.705. The lowest BCUT2D eigenvalue weighted by molar-refractivity contribution is 0.285. The number of likely N-dealkylation sites (N-methyl/N-ethyl adjacent to an activating group) is 1. The first kappa shape index (κ1) is 10.6. The van der Waals surface area contributed by atoms with Crippen LogP contribution in [0.3, 0.4) is 0 Å². The van der Waals surface area contributed by atoms with Crippen LogP contribution in [-0.4, -0.2) is 53.0 Å². The third-order valence-electron chi connectivity index (χ3n) is 2.80. The van der Waals surface area contributed by atoms with Crippen molar-refractivity contribution in [2.24, 2.45) is 0 Å². The SMILES string of the molecule is CCc1n[nH]c(=S)n1N1CCN(C)CC1. The summed E-state index contributed by atoms with van der Waals surface area (Å²) in [5, 5.41) is 9.34. The normalized spacial score (nSPS) is 18.4. The molecule has 2 heterocycles. The maximum Gasteiger partial charge on any atom is 0.214 e. The standard InChI is InChI=1S/C9H17N5S/c1-3-8-10-11-9(15)14(8)13-6-4-12(2)5-7-13/h3-7H2,1-2H3,(H,11,15). The molecule has 1 N–H and O–H groups in total. The lowest BCUT2D eigenvalue weighted by Gasteiger charge is -2.34. The first-order chi connectivity index (χ1) is 7.22. The van der Waals surface area contributed by atoms with Gasteiger partial charge < -0.3 is 9.91 Å². The molecule has 1 saturated heterocycles. The van der Waals surface area contributed by atoms with Crippen molar-refractivity contribution in [3.05, 3.63) is 10.6 Å². The number of hydrogen-bond acceptors (Lipinski definition) is 4. The fraction of sp³-hybridized carbons (Fsp3) is 0.778. The average molecular weight is 227 g/mol. The smallest absolute Gasteiger partial charge is 0.214 e. The number of nitrogens with zero attached hydrogens (tertiary/aromatic N) is 4. The number of H-pyrrole nitrogens is 1. The Morgan fingerprint density at radius 2 is 2.00 bits per heavy atom. The van der Waals surface area contributed by atoms with Gasteiger partial charge in [0.05, 0.1) is 0 Å². The molecule has 0 unspecified atom stereocenters. The Balaban J connectivity index is 2.21. The van der Waals surface area contributed by atoms with Crippen LogP contribution in [0.25, 0.3) is 0 Å². The van der Waals surface area contributed by atoms with Crippen molar-refractivity contribution in [2.45, 2.75) is 13.3 Å². The molecule has 84 valence electrons. The average Bonchev–Trinajstić information content (AvgIpc) is 2.61. The molecule has 0 atom stereocenters. The Kier molecular flexibility index (Phi) is 3.06. The van der Waals surface area contributed by atoms with E-state index in [2.05, 4.69) is 34.1 Å². The zero-order valence-corrected chi connectivity index (χ0v) is 10.0. The third-order valence-corrected chi connectivity index (χ3v) is 3.06. The van der Waals surface area contributed by atoms with Gasteiger partial charge in [0.25, 0.3) is 0 Å². The maximum atomic E-state index is 5.24. The number of piperazine rings is 1. The van der Waals surface area contributed by atoms with E-state index in [4.69, 9.17) is 12.2 Å². The van der Waals surface area contributed by atoms with Crippen LogP contribution in [0.5, 0.6) is 0 Å². The van der Waals surface area contributed by atoms with Gasteiger partial charge >= 0.3 is 0 Å². The molecular formula is C9H17N5S. The summed E-state index contributed by atoms with van der Waals surface area (Å²) < 4.78 is 2.75. The molecule has 0 amide bonds. The molecule has 0 aliphatic carbocycles. The van der Waals surface area contributed by atoms with E-state index in [1.165, 1.54) is 0 Å². The molecule has 0 radical (unpaired) electrons. The van der Waals surface area contributed by atoms with Crippen molar-refractivity contribution in [1.29, 1.82) is 0 Å². The fourth-order valence-corrected chi connectivity index (χ4v) is 2.11. The largest absolute Gasteiger partial charge is 0.306 e. The lowest BCUT2D eigenvalue weighted by Crippen LogP contribution is -2.50. The van der Waals surface area contributed by atoms with Crippen LogP contribution in [0.15, 0.2) is 0 Å². The van der Waals surface area contributed by atoms with Crippen molar-refractivity contribution < 1.29 is 0 Å². The van der Waals surface area contributed by atoms with Crippen molar-refractivity contribution in [1.82, 2.24) is 19.8 Å². The van der Waals surface area contributed by atoms with Crippen LogP contribution in [0.1, 0.15) is 12.7 Å². The molecule has 1 fully saturated rings. The molecule has 0 spiro atoms. The first-order valence-electron chi connectivity index (χ1n) is 5.32. The Labute approximate surface area is 94.7 Å². The zero-order valence-electron chi connectivity index (χ0n) is 9.23. The number of aryl methyl sites for hydroxylation is 1. The van der Waals surface area contributed by atoms with E-state index in [1.54, 1.807) is 0 Å². The summed E-state index contributed by atoms with van der Waals surface area (Å²) in [5.41, 5.74) is 0. The summed E-state index contributed by atoms with van der Waals surface area (Å²) in [4.78, 5) is 2.33. The van der Waals surface area contributed by atoms with Gasteiger partial charge in [-0.1, -0.05) is 6.92 Å². The number of aromatic amines is 1. The van der Waals surface area contributed by atoms with Gasteiger partial charge in [0.2, 0.25) is 4.77 Å². The molecule has 5 nitrogen and oxygen atoms in total. The van der Waals surface area contributed by atoms with Crippen LogP contribution in [0.2, 0.25) is 0 Å².